The Kier molecular flexibility index (Phi) is 2.67. The lowest BCUT2D eigenvalue weighted by Gasteiger charge is -2.04. The smallest absolute Gasteiger partial charge is 0.183 e. The molecule has 0 unspecified atom stereocenters. The maximum atomic E-state index is 8.85. The molecule has 0 atom stereocenters. The Hall–Kier alpha value is -1.80. The van der Waals surface area contributed by atoms with Crippen molar-refractivity contribution in [2.45, 2.75) is 0 Å². The van der Waals surface area contributed by atoms with Gasteiger partial charge >= 0.3 is 0 Å². The topological polar surface area (TPSA) is 67.6 Å². The van der Waals surface area contributed by atoms with Crippen molar-refractivity contribution in [2.75, 3.05) is 5.73 Å². The third-order valence-corrected chi connectivity index (χ3v) is 3.05. The van der Waals surface area contributed by atoms with Gasteiger partial charge in [-0.3, -0.25) is 0 Å². The normalized spacial score (nSPS) is 10.1. The van der Waals surface area contributed by atoms with Crippen molar-refractivity contribution in [2.24, 2.45) is 7.05 Å². The number of hydrogen-bond donors (Lipinski definition) is 1. The lowest BCUT2D eigenvalue weighted by atomic mass is 10.2. The molecule has 0 saturated carbocycles. The number of imidazole rings is 1. The summed E-state index contributed by atoms with van der Waals surface area (Å²) in [6, 6.07) is 9.66. The first-order chi connectivity index (χ1) is 7.65. The molecular weight excluding hydrogens is 268 g/mol. The molecule has 2 aromatic rings. The van der Waals surface area contributed by atoms with E-state index in [0.717, 1.165) is 10.0 Å². The van der Waals surface area contributed by atoms with Crippen LogP contribution in [0.5, 0.6) is 0 Å². The number of rotatable bonds is 1. The predicted molar refractivity (Wildman–Crippen MR) is 65.5 cm³/mol. The third-order valence-electron chi connectivity index (χ3n) is 2.36. The Morgan fingerprint density at radius 3 is 2.69 bits per heavy atom. The number of nitriles is 1. The van der Waals surface area contributed by atoms with Crippen LogP contribution in [-0.4, -0.2) is 9.55 Å². The summed E-state index contributed by atoms with van der Waals surface area (Å²) in [6.45, 7) is 0. The number of nitrogen functional groups attached to an aromatic ring is 1. The minimum atomic E-state index is 0.258. The molecule has 0 aliphatic rings. The molecule has 0 saturated heterocycles. The van der Waals surface area contributed by atoms with Crippen LogP contribution < -0.4 is 5.73 Å². The molecule has 0 aliphatic heterocycles. The van der Waals surface area contributed by atoms with Gasteiger partial charge in [-0.1, -0.05) is 34.1 Å². The van der Waals surface area contributed by atoms with Crippen molar-refractivity contribution in [3.63, 3.8) is 0 Å². The highest BCUT2D eigenvalue weighted by atomic mass is 79.9. The van der Waals surface area contributed by atoms with Crippen molar-refractivity contribution in [3.05, 3.63) is 34.4 Å². The van der Waals surface area contributed by atoms with E-state index in [-0.39, 0.29) is 5.69 Å². The second kappa shape index (κ2) is 3.99. The van der Waals surface area contributed by atoms with E-state index in [1.165, 1.54) is 0 Å². The minimum absolute atomic E-state index is 0.258. The van der Waals surface area contributed by atoms with Crippen LogP contribution in [0.2, 0.25) is 0 Å². The summed E-state index contributed by atoms with van der Waals surface area (Å²) in [4.78, 5) is 4.21. The minimum Gasteiger partial charge on any atom is -0.383 e. The summed E-state index contributed by atoms with van der Waals surface area (Å²) >= 11 is 3.45. The monoisotopic (exact) mass is 276 g/mol. The summed E-state index contributed by atoms with van der Waals surface area (Å²) in [5, 5.41) is 8.85. The van der Waals surface area contributed by atoms with E-state index in [4.69, 9.17) is 11.0 Å². The highest BCUT2D eigenvalue weighted by Crippen LogP contribution is 2.28. The standard InChI is InChI=1S/C11H9BrN4/c1-16-10(14)9(6-13)15-11(16)7-4-2-3-5-8(7)12/h2-5H,14H2,1H3. The molecule has 0 radical (unpaired) electrons. The van der Waals surface area contributed by atoms with Gasteiger partial charge in [0.15, 0.2) is 5.69 Å². The fourth-order valence-electron chi connectivity index (χ4n) is 1.48. The van der Waals surface area contributed by atoms with E-state index in [2.05, 4.69) is 20.9 Å². The molecule has 2 rings (SSSR count). The molecule has 0 spiro atoms. The highest BCUT2D eigenvalue weighted by Gasteiger charge is 2.14. The average Bonchev–Trinajstić information content (AvgIpc) is 2.57. The van der Waals surface area contributed by atoms with Crippen molar-refractivity contribution < 1.29 is 0 Å². The van der Waals surface area contributed by atoms with Gasteiger partial charge in [-0.05, 0) is 6.07 Å². The van der Waals surface area contributed by atoms with Crippen molar-refractivity contribution >= 4 is 21.7 Å². The zero-order valence-corrected chi connectivity index (χ0v) is 10.2. The van der Waals surface area contributed by atoms with Gasteiger partial charge in [-0.15, -0.1) is 0 Å². The van der Waals surface area contributed by atoms with Crippen molar-refractivity contribution in [3.8, 4) is 17.5 Å². The number of anilines is 1. The zero-order chi connectivity index (χ0) is 11.7. The maximum absolute atomic E-state index is 8.85. The number of nitrogens with zero attached hydrogens (tertiary/aromatic N) is 3. The first kappa shape index (κ1) is 10.7. The van der Waals surface area contributed by atoms with E-state index in [1.807, 2.05) is 30.3 Å². The molecular formula is C11H9BrN4. The second-order valence-electron chi connectivity index (χ2n) is 3.32. The summed E-state index contributed by atoms with van der Waals surface area (Å²) < 4.78 is 2.63. The van der Waals surface area contributed by atoms with Gasteiger partial charge in [-0.2, -0.15) is 5.26 Å². The lowest BCUT2D eigenvalue weighted by molar-refractivity contribution is 0.936. The lowest BCUT2D eigenvalue weighted by Crippen LogP contribution is -1.99. The number of aromatic nitrogens is 2. The molecule has 1 aromatic carbocycles. The zero-order valence-electron chi connectivity index (χ0n) is 8.61. The van der Waals surface area contributed by atoms with Gasteiger partial charge in [-0.25, -0.2) is 4.98 Å². The quantitative estimate of drug-likeness (QED) is 0.869. The number of benzene rings is 1. The van der Waals surface area contributed by atoms with Gasteiger partial charge in [0.1, 0.15) is 17.7 Å². The highest BCUT2D eigenvalue weighted by molar-refractivity contribution is 9.10. The van der Waals surface area contributed by atoms with Crippen LogP contribution in [0.4, 0.5) is 5.82 Å². The molecule has 1 heterocycles. The summed E-state index contributed by atoms with van der Waals surface area (Å²) in [7, 11) is 1.79. The number of hydrogen-bond acceptors (Lipinski definition) is 3. The van der Waals surface area contributed by atoms with E-state index in [1.54, 1.807) is 11.6 Å². The maximum Gasteiger partial charge on any atom is 0.183 e. The third kappa shape index (κ3) is 1.57. The van der Waals surface area contributed by atoms with Gasteiger partial charge in [0.25, 0.3) is 0 Å². The molecule has 0 fully saturated rings. The summed E-state index contributed by atoms with van der Waals surface area (Å²) in [6.07, 6.45) is 0. The van der Waals surface area contributed by atoms with Crippen LogP contribution in [0, 0.1) is 11.3 Å². The molecule has 80 valence electrons. The van der Waals surface area contributed by atoms with E-state index in [9.17, 15) is 0 Å². The molecule has 4 nitrogen and oxygen atoms in total. The molecule has 0 amide bonds. The Bertz CT molecular complexity index is 580. The predicted octanol–water partition coefficient (Wildman–Crippen LogP) is 2.30. The number of halogens is 1. The Labute approximate surface area is 101 Å². The number of nitrogens with two attached hydrogens (primary N) is 1. The van der Waals surface area contributed by atoms with Crippen LogP contribution in [0.25, 0.3) is 11.4 Å². The molecule has 2 N–H and O–H groups in total. The van der Waals surface area contributed by atoms with E-state index >= 15 is 0 Å². The van der Waals surface area contributed by atoms with Crippen molar-refractivity contribution in [1.82, 2.24) is 9.55 Å². The first-order valence-corrected chi connectivity index (χ1v) is 5.41. The van der Waals surface area contributed by atoms with Crippen LogP contribution in [0.15, 0.2) is 28.7 Å². The molecule has 0 aliphatic carbocycles. The van der Waals surface area contributed by atoms with Crippen LogP contribution in [0.3, 0.4) is 0 Å². The fourth-order valence-corrected chi connectivity index (χ4v) is 1.94. The SMILES string of the molecule is Cn1c(-c2ccccc2Br)nc(C#N)c1N. The first-order valence-electron chi connectivity index (χ1n) is 4.62. The van der Waals surface area contributed by atoms with Gasteiger partial charge in [0.05, 0.1) is 0 Å². The largest absolute Gasteiger partial charge is 0.383 e. The van der Waals surface area contributed by atoms with Crippen LogP contribution in [-0.2, 0) is 7.05 Å². The van der Waals surface area contributed by atoms with Gasteiger partial charge < -0.3 is 10.3 Å². The van der Waals surface area contributed by atoms with Crippen LogP contribution >= 0.6 is 15.9 Å². The Morgan fingerprint density at radius 1 is 1.44 bits per heavy atom. The molecule has 1 aromatic heterocycles. The van der Waals surface area contributed by atoms with E-state index < -0.39 is 0 Å². The van der Waals surface area contributed by atoms with Gasteiger partial charge in [0, 0.05) is 17.1 Å². The van der Waals surface area contributed by atoms with Crippen LogP contribution in [0.1, 0.15) is 5.69 Å². The fraction of sp³-hybridized carbons (Fsp3) is 0.0909. The Morgan fingerprint density at radius 2 is 2.12 bits per heavy atom. The molecule has 5 heteroatoms. The van der Waals surface area contributed by atoms with E-state index in [0.29, 0.717) is 11.6 Å². The molecule has 0 bridgehead atoms. The second-order valence-corrected chi connectivity index (χ2v) is 4.17. The average molecular weight is 277 g/mol. The summed E-state index contributed by atoms with van der Waals surface area (Å²) in [5.41, 5.74) is 6.94. The van der Waals surface area contributed by atoms with Gasteiger partial charge in [0.2, 0.25) is 0 Å². The summed E-state index contributed by atoms with van der Waals surface area (Å²) in [5.74, 6) is 1.06. The molecule has 16 heavy (non-hydrogen) atoms. The van der Waals surface area contributed by atoms with Crippen molar-refractivity contribution in [1.29, 1.82) is 5.26 Å². The Balaban J connectivity index is 2.67.